The third-order valence-corrected chi connectivity index (χ3v) is 2.96. The Kier molecular flexibility index (Phi) is 4.70. The monoisotopic (exact) mass is 186 g/mol. The second kappa shape index (κ2) is 5.58. The van der Waals surface area contributed by atoms with Gasteiger partial charge in [0.25, 0.3) is 0 Å². The molecule has 1 aliphatic heterocycles. The van der Waals surface area contributed by atoms with Gasteiger partial charge in [0, 0.05) is 13.7 Å². The Labute approximate surface area is 81.2 Å². The lowest BCUT2D eigenvalue weighted by atomic mass is 9.97. The molecule has 3 nitrogen and oxygen atoms in total. The summed E-state index contributed by atoms with van der Waals surface area (Å²) in [6.45, 7) is 6.42. The number of nitrogens with two attached hydrogens (primary N) is 1. The van der Waals surface area contributed by atoms with Crippen LogP contribution in [0.4, 0.5) is 0 Å². The van der Waals surface area contributed by atoms with Crippen LogP contribution in [-0.4, -0.2) is 44.3 Å². The van der Waals surface area contributed by atoms with Gasteiger partial charge in [-0.25, -0.2) is 0 Å². The maximum atomic E-state index is 5.63. The Hall–Kier alpha value is -0.120. The van der Waals surface area contributed by atoms with E-state index in [0.29, 0.717) is 6.10 Å². The van der Waals surface area contributed by atoms with Crippen molar-refractivity contribution in [3.63, 3.8) is 0 Å². The first-order valence-corrected chi connectivity index (χ1v) is 5.21. The quantitative estimate of drug-likeness (QED) is 0.702. The first-order valence-electron chi connectivity index (χ1n) is 5.21. The van der Waals surface area contributed by atoms with E-state index in [0.717, 1.165) is 19.0 Å². The molecule has 1 atom stereocenters. The van der Waals surface area contributed by atoms with Crippen molar-refractivity contribution in [2.45, 2.75) is 25.9 Å². The molecule has 0 amide bonds. The van der Waals surface area contributed by atoms with Crippen LogP contribution in [0.5, 0.6) is 0 Å². The Morgan fingerprint density at radius 3 is 2.54 bits per heavy atom. The summed E-state index contributed by atoms with van der Waals surface area (Å²) in [7, 11) is 1.78. The van der Waals surface area contributed by atoms with E-state index < -0.39 is 0 Å². The number of hydrogen-bond donors (Lipinski definition) is 1. The van der Waals surface area contributed by atoms with Gasteiger partial charge in [-0.15, -0.1) is 0 Å². The van der Waals surface area contributed by atoms with Crippen LogP contribution in [0.15, 0.2) is 0 Å². The van der Waals surface area contributed by atoms with Gasteiger partial charge in [0.05, 0.1) is 6.10 Å². The maximum absolute atomic E-state index is 5.63. The van der Waals surface area contributed by atoms with Gasteiger partial charge in [0.1, 0.15) is 0 Å². The summed E-state index contributed by atoms with van der Waals surface area (Å²) in [6.07, 6.45) is 2.87. The van der Waals surface area contributed by atoms with Gasteiger partial charge in [-0.1, -0.05) is 0 Å². The fourth-order valence-corrected chi connectivity index (χ4v) is 1.84. The van der Waals surface area contributed by atoms with Crippen LogP contribution in [-0.2, 0) is 4.74 Å². The minimum Gasteiger partial charge on any atom is -0.380 e. The third kappa shape index (κ3) is 3.63. The largest absolute Gasteiger partial charge is 0.380 e. The van der Waals surface area contributed by atoms with Crippen LogP contribution in [0.25, 0.3) is 0 Å². The molecule has 1 fully saturated rings. The Morgan fingerprint density at radius 1 is 1.46 bits per heavy atom. The summed E-state index contributed by atoms with van der Waals surface area (Å²) in [5, 5.41) is 0. The van der Waals surface area contributed by atoms with E-state index in [-0.39, 0.29) is 0 Å². The summed E-state index contributed by atoms with van der Waals surface area (Å²) in [5.41, 5.74) is 5.63. The molecule has 13 heavy (non-hydrogen) atoms. The van der Waals surface area contributed by atoms with Gasteiger partial charge in [0.2, 0.25) is 0 Å². The summed E-state index contributed by atoms with van der Waals surface area (Å²) in [5.74, 6) is 0.758. The van der Waals surface area contributed by atoms with Crippen LogP contribution >= 0.6 is 0 Å². The van der Waals surface area contributed by atoms with Crippen molar-refractivity contribution < 1.29 is 4.74 Å². The zero-order chi connectivity index (χ0) is 9.68. The van der Waals surface area contributed by atoms with Crippen molar-refractivity contribution in [1.82, 2.24) is 4.90 Å². The van der Waals surface area contributed by atoms with Gasteiger partial charge in [-0.05, 0) is 45.3 Å². The average molecular weight is 186 g/mol. The van der Waals surface area contributed by atoms with E-state index in [1.54, 1.807) is 7.11 Å². The van der Waals surface area contributed by atoms with Crippen molar-refractivity contribution in [2.24, 2.45) is 11.7 Å². The van der Waals surface area contributed by atoms with Gasteiger partial charge >= 0.3 is 0 Å². The maximum Gasteiger partial charge on any atom is 0.0670 e. The summed E-state index contributed by atoms with van der Waals surface area (Å²) in [6, 6.07) is 0. The highest BCUT2D eigenvalue weighted by Crippen LogP contribution is 2.15. The molecule has 0 bridgehead atoms. The number of nitrogens with zero attached hydrogens (tertiary/aromatic N) is 1. The highest BCUT2D eigenvalue weighted by Gasteiger charge is 2.18. The van der Waals surface area contributed by atoms with Gasteiger partial charge in [-0.3, -0.25) is 0 Å². The lowest BCUT2D eigenvalue weighted by Crippen LogP contribution is -2.40. The Morgan fingerprint density at radius 2 is 2.08 bits per heavy atom. The first-order chi connectivity index (χ1) is 6.26. The van der Waals surface area contributed by atoms with E-state index in [4.69, 9.17) is 10.5 Å². The molecule has 2 N–H and O–H groups in total. The molecule has 0 aromatic heterocycles. The molecule has 1 unspecified atom stereocenters. The lowest BCUT2D eigenvalue weighted by Gasteiger charge is -2.32. The van der Waals surface area contributed by atoms with Crippen LogP contribution in [0.3, 0.4) is 0 Å². The number of likely N-dealkylation sites (tertiary alicyclic amines) is 1. The second-order valence-corrected chi connectivity index (χ2v) is 4.03. The normalized spacial score (nSPS) is 23.3. The van der Waals surface area contributed by atoms with E-state index in [1.807, 2.05) is 0 Å². The predicted molar refractivity (Wildman–Crippen MR) is 54.7 cm³/mol. The number of ether oxygens (including phenoxy) is 1. The molecule has 0 aliphatic carbocycles. The Bertz CT molecular complexity index is 133. The average Bonchev–Trinajstić information content (AvgIpc) is 2.19. The van der Waals surface area contributed by atoms with Crippen molar-refractivity contribution in [3.8, 4) is 0 Å². The first kappa shape index (κ1) is 11.0. The fraction of sp³-hybridized carbons (Fsp3) is 1.00. The molecule has 1 aliphatic rings. The number of methoxy groups -OCH3 is 1. The number of hydrogen-bond acceptors (Lipinski definition) is 3. The smallest absolute Gasteiger partial charge is 0.0670 e. The number of rotatable bonds is 4. The third-order valence-electron chi connectivity index (χ3n) is 2.96. The molecule has 1 rings (SSSR count). The fourth-order valence-electron chi connectivity index (χ4n) is 1.84. The minimum absolute atomic E-state index is 0.356. The molecule has 78 valence electrons. The van der Waals surface area contributed by atoms with Gasteiger partial charge in [-0.2, -0.15) is 0 Å². The molecule has 1 heterocycles. The van der Waals surface area contributed by atoms with Crippen LogP contribution in [0, 0.1) is 5.92 Å². The second-order valence-electron chi connectivity index (χ2n) is 4.03. The molecule has 0 saturated carbocycles. The summed E-state index contributed by atoms with van der Waals surface area (Å²) in [4.78, 5) is 2.47. The van der Waals surface area contributed by atoms with Crippen LogP contribution in [0.2, 0.25) is 0 Å². The van der Waals surface area contributed by atoms with Crippen LogP contribution in [0.1, 0.15) is 19.8 Å². The molecular formula is C10H22N2O. The minimum atomic E-state index is 0.356. The topological polar surface area (TPSA) is 38.5 Å². The summed E-state index contributed by atoms with van der Waals surface area (Å²) < 4.78 is 5.24. The van der Waals surface area contributed by atoms with E-state index in [2.05, 4.69) is 11.8 Å². The molecule has 0 spiro atoms. The van der Waals surface area contributed by atoms with Crippen molar-refractivity contribution >= 4 is 0 Å². The SMILES string of the molecule is COC(C)CN1CCC(CN)CC1. The Balaban J connectivity index is 2.17. The lowest BCUT2D eigenvalue weighted by molar-refractivity contribution is 0.0633. The van der Waals surface area contributed by atoms with Crippen LogP contribution < -0.4 is 5.73 Å². The zero-order valence-corrected chi connectivity index (χ0v) is 8.83. The molecule has 0 aromatic rings. The zero-order valence-electron chi connectivity index (χ0n) is 8.83. The highest BCUT2D eigenvalue weighted by atomic mass is 16.5. The molecule has 1 saturated heterocycles. The van der Waals surface area contributed by atoms with Crippen molar-refractivity contribution in [3.05, 3.63) is 0 Å². The highest BCUT2D eigenvalue weighted by molar-refractivity contribution is 4.73. The standard InChI is InChI=1S/C10H22N2O/c1-9(13-2)8-12-5-3-10(7-11)4-6-12/h9-10H,3-8,11H2,1-2H3. The molecule has 0 aromatic carbocycles. The van der Waals surface area contributed by atoms with Crippen molar-refractivity contribution in [1.29, 1.82) is 0 Å². The molecular weight excluding hydrogens is 164 g/mol. The van der Waals surface area contributed by atoms with E-state index >= 15 is 0 Å². The number of piperidine rings is 1. The summed E-state index contributed by atoms with van der Waals surface area (Å²) >= 11 is 0. The predicted octanol–water partition coefficient (Wildman–Crippen LogP) is 0.692. The van der Waals surface area contributed by atoms with E-state index in [9.17, 15) is 0 Å². The van der Waals surface area contributed by atoms with Gasteiger partial charge in [0.15, 0.2) is 0 Å². The molecule has 0 radical (unpaired) electrons. The van der Waals surface area contributed by atoms with E-state index in [1.165, 1.54) is 25.9 Å². The van der Waals surface area contributed by atoms with Crippen molar-refractivity contribution in [2.75, 3.05) is 33.3 Å². The molecule has 3 heteroatoms. The van der Waals surface area contributed by atoms with Gasteiger partial charge < -0.3 is 15.4 Å².